The number of para-hydroxylation sites is 1. The number of hydrogen-bond donors (Lipinski definition) is 2. The van der Waals surface area contributed by atoms with Gasteiger partial charge in [-0.25, -0.2) is 9.48 Å². The van der Waals surface area contributed by atoms with Gasteiger partial charge in [-0.2, -0.15) is 10.1 Å². The van der Waals surface area contributed by atoms with Crippen LogP contribution in [0.25, 0.3) is 16.9 Å². The fourth-order valence-electron chi connectivity index (χ4n) is 3.16. The normalized spacial score (nSPS) is 18.4. The van der Waals surface area contributed by atoms with Crippen LogP contribution in [-0.4, -0.2) is 43.2 Å². The Labute approximate surface area is 172 Å². The first-order valence-corrected chi connectivity index (χ1v) is 9.46. The van der Waals surface area contributed by atoms with E-state index >= 15 is 0 Å². The summed E-state index contributed by atoms with van der Waals surface area (Å²) in [7, 11) is 0. The molecular formula is C21H20N6O3. The van der Waals surface area contributed by atoms with Gasteiger partial charge in [0, 0.05) is 24.2 Å². The van der Waals surface area contributed by atoms with Gasteiger partial charge >= 0.3 is 6.03 Å². The van der Waals surface area contributed by atoms with E-state index in [1.807, 2.05) is 30.3 Å². The highest BCUT2D eigenvalue weighted by Crippen LogP contribution is 2.24. The van der Waals surface area contributed by atoms with Crippen LogP contribution in [-0.2, 0) is 4.79 Å². The fraction of sp³-hybridized carbons (Fsp3) is 0.190. The lowest BCUT2D eigenvalue weighted by Gasteiger charge is -2.19. The Kier molecular flexibility index (Phi) is 4.78. The Morgan fingerprint density at radius 3 is 2.57 bits per heavy atom. The summed E-state index contributed by atoms with van der Waals surface area (Å²) in [6, 6.07) is 12.2. The first kappa shape index (κ1) is 19.3. The summed E-state index contributed by atoms with van der Waals surface area (Å²) in [5.74, 6) is -1.14. The summed E-state index contributed by atoms with van der Waals surface area (Å²) in [4.78, 5) is 42.0. The van der Waals surface area contributed by atoms with Crippen molar-refractivity contribution in [1.29, 1.82) is 0 Å². The van der Waals surface area contributed by atoms with Crippen LogP contribution in [0.15, 0.2) is 61.1 Å². The van der Waals surface area contributed by atoms with Gasteiger partial charge in [-0.15, -0.1) is 0 Å². The summed E-state index contributed by atoms with van der Waals surface area (Å²) in [6.07, 6.45) is 5.17. The molecule has 1 aliphatic rings. The standard InChI is InChI=1S/C21H20N6O3/c1-3-21(2)19(29)27(20(30)23-21)25-18(28)16-13-26(15-9-5-4-6-10-15)24-17(16)14-8-7-11-22-12-14/h4-13H,3H2,1-2H3,(H,23,30)(H,25,28)/t21-/m0/s1. The second-order valence-corrected chi connectivity index (χ2v) is 7.11. The smallest absolute Gasteiger partial charge is 0.322 e. The number of hydrogen-bond acceptors (Lipinski definition) is 5. The monoisotopic (exact) mass is 404 g/mol. The van der Waals surface area contributed by atoms with E-state index < -0.39 is 23.4 Å². The third kappa shape index (κ3) is 3.30. The third-order valence-electron chi connectivity index (χ3n) is 5.10. The van der Waals surface area contributed by atoms with Crippen LogP contribution in [0.1, 0.15) is 30.6 Å². The van der Waals surface area contributed by atoms with Crippen LogP contribution >= 0.6 is 0 Å². The summed E-state index contributed by atoms with van der Waals surface area (Å²) in [6.45, 7) is 3.40. The molecule has 0 bridgehead atoms. The van der Waals surface area contributed by atoms with Gasteiger partial charge in [0.25, 0.3) is 11.8 Å². The number of rotatable bonds is 5. The van der Waals surface area contributed by atoms with Crippen molar-refractivity contribution in [1.82, 2.24) is 30.5 Å². The van der Waals surface area contributed by atoms with Crippen LogP contribution in [0.4, 0.5) is 4.79 Å². The van der Waals surface area contributed by atoms with E-state index in [1.165, 1.54) is 0 Å². The zero-order valence-corrected chi connectivity index (χ0v) is 16.5. The third-order valence-corrected chi connectivity index (χ3v) is 5.10. The van der Waals surface area contributed by atoms with Gasteiger partial charge in [0.15, 0.2) is 0 Å². The molecule has 1 atom stereocenters. The molecule has 3 heterocycles. The summed E-state index contributed by atoms with van der Waals surface area (Å²) >= 11 is 0. The van der Waals surface area contributed by atoms with E-state index in [9.17, 15) is 14.4 Å². The van der Waals surface area contributed by atoms with Crippen molar-refractivity contribution >= 4 is 17.8 Å². The molecule has 1 fully saturated rings. The zero-order chi connectivity index (χ0) is 21.3. The molecule has 4 rings (SSSR count). The molecule has 0 aliphatic carbocycles. The lowest BCUT2D eigenvalue weighted by atomic mass is 10.00. The number of nitrogens with zero attached hydrogens (tertiary/aromatic N) is 4. The average Bonchev–Trinajstić information content (AvgIpc) is 3.31. The van der Waals surface area contributed by atoms with Crippen molar-refractivity contribution in [2.24, 2.45) is 0 Å². The summed E-state index contributed by atoms with van der Waals surface area (Å²) in [5, 5.41) is 7.87. The first-order valence-electron chi connectivity index (χ1n) is 9.46. The topological polar surface area (TPSA) is 109 Å². The van der Waals surface area contributed by atoms with Gasteiger partial charge in [-0.05, 0) is 37.6 Å². The highest BCUT2D eigenvalue weighted by molar-refractivity contribution is 6.09. The van der Waals surface area contributed by atoms with E-state index in [1.54, 1.807) is 49.3 Å². The molecule has 9 heteroatoms. The second kappa shape index (κ2) is 7.43. The molecule has 30 heavy (non-hydrogen) atoms. The zero-order valence-electron chi connectivity index (χ0n) is 16.5. The Morgan fingerprint density at radius 2 is 1.93 bits per heavy atom. The van der Waals surface area contributed by atoms with E-state index in [4.69, 9.17) is 0 Å². The van der Waals surface area contributed by atoms with Crippen LogP contribution in [0.2, 0.25) is 0 Å². The molecule has 0 unspecified atom stereocenters. The van der Waals surface area contributed by atoms with Crippen molar-refractivity contribution in [3.05, 3.63) is 66.6 Å². The molecular weight excluding hydrogens is 384 g/mol. The number of carbonyl (C=O) groups excluding carboxylic acids is 3. The molecule has 0 spiro atoms. The number of carbonyl (C=O) groups is 3. The van der Waals surface area contributed by atoms with Gasteiger partial charge in [0.2, 0.25) is 0 Å². The van der Waals surface area contributed by atoms with Gasteiger partial charge in [0.1, 0.15) is 11.2 Å². The average molecular weight is 404 g/mol. The highest BCUT2D eigenvalue weighted by atomic mass is 16.2. The molecule has 2 N–H and O–H groups in total. The number of benzene rings is 1. The quantitative estimate of drug-likeness (QED) is 0.634. The molecule has 1 aromatic carbocycles. The lowest BCUT2D eigenvalue weighted by Crippen LogP contribution is -2.48. The van der Waals surface area contributed by atoms with Gasteiger partial charge in [0.05, 0.1) is 11.3 Å². The Bertz CT molecular complexity index is 1110. The SMILES string of the molecule is CC[C@]1(C)NC(=O)N(NC(=O)c2cn(-c3ccccc3)nc2-c2cccnc2)C1=O. The van der Waals surface area contributed by atoms with Gasteiger partial charge in [-0.1, -0.05) is 25.1 Å². The number of nitrogens with one attached hydrogen (secondary N) is 2. The maximum atomic E-state index is 13.1. The number of pyridine rings is 1. The summed E-state index contributed by atoms with van der Waals surface area (Å²) < 4.78 is 1.57. The van der Waals surface area contributed by atoms with E-state index in [0.717, 1.165) is 10.7 Å². The van der Waals surface area contributed by atoms with E-state index in [0.29, 0.717) is 17.7 Å². The van der Waals surface area contributed by atoms with Gasteiger partial charge < -0.3 is 5.32 Å². The van der Waals surface area contributed by atoms with Crippen molar-refractivity contribution in [3.63, 3.8) is 0 Å². The van der Waals surface area contributed by atoms with E-state index in [2.05, 4.69) is 20.8 Å². The Balaban J connectivity index is 1.71. The van der Waals surface area contributed by atoms with Crippen molar-refractivity contribution in [3.8, 4) is 16.9 Å². The molecule has 152 valence electrons. The number of hydrazine groups is 1. The molecule has 2 aromatic heterocycles. The predicted octanol–water partition coefficient (Wildman–Crippen LogP) is 2.30. The number of aromatic nitrogens is 3. The van der Waals surface area contributed by atoms with Crippen LogP contribution < -0.4 is 10.7 Å². The molecule has 3 aromatic rings. The Morgan fingerprint density at radius 1 is 1.17 bits per heavy atom. The predicted molar refractivity (Wildman–Crippen MR) is 108 cm³/mol. The molecule has 1 aliphatic heterocycles. The molecule has 1 saturated heterocycles. The summed E-state index contributed by atoms with van der Waals surface area (Å²) in [5.41, 5.74) is 3.35. The van der Waals surface area contributed by atoms with Crippen LogP contribution in [0.5, 0.6) is 0 Å². The minimum absolute atomic E-state index is 0.206. The maximum absolute atomic E-state index is 13.1. The van der Waals surface area contributed by atoms with Crippen LogP contribution in [0, 0.1) is 0 Å². The highest BCUT2D eigenvalue weighted by Gasteiger charge is 2.47. The van der Waals surface area contributed by atoms with Crippen LogP contribution in [0.3, 0.4) is 0 Å². The lowest BCUT2D eigenvalue weighted by molar-refractivity contribution is -0.132. The Hall–Kier alpha value is -4.01. The minimum atomic E-state index is -1.05. The molecule has 0 radical (unpaired) electrons. The number of urea groups is 1. The van der Waals surface area contributed by atoms with E-state index in [-0.39, 0.29) is 5.56 Å². The fourth-order valence-corrected chi connectivity index (χ4v) is 3.16. The maximum Gasteiger partial charge on any atom is 0.344 e. The largest absolute Gasteiger partial charge is 0.344 e. The number of imide groups is 1. The number of amides is 4. The van der Waals surface area contributed by atoms with Crippen molar-refractivity contribution in [2.75, 3.05) is 0 Å². The van der Waals surface area contributed by atoms with Gasteiger partial charge in [-0.3, -0.25) is 20.0 Å². The molecule has 4 amide bonds. The molecule has 9 nitrogen and oxygen atoms in total. The van der Waals surface area contributed by atoms with Crippen molar-refractivity contribution in [2.45, 2.75) is 25.8 Å². The second-order valence-electron chi connectivity index (χ2n) is 7.11. The minimum Gasteiger partial charge on any atom is -0.322 e. The van der Waals surface area contributed by atoms with Crippen molar-refractivity contribution < 1.29 is 14.4 Å². The molecule has 0 saturated carbocycles. The first-order chi connectivity index (χ1) is 14.4.